The molecule has 0 aromatic rings. The molecule has 0 aliphatic rings. The minimum atomic E-state index is -2.99. The van der Waals surface area contributed by atoms with Crippen molar-refractivity contribution < 1.29 is 0 Å². The zero-order valence-electron chi connectivity index (χ0n) is 10.4. The van der Waals surface area contributed by atoms with Gasteiger partial charge in [0, 0.05) is 0 Å². The van der Waals surface area contributed by atoms with Crippen molar-refractivity contribution in [2.24, 2.45) is 0 Å². The third-order valence-electron chi connectivity index (χ3n) is 2.16. The monoisotopic (exact) mass is 309 g/mol. The average Bonchev–Trinajstić information content (AvgIpc) is 2.20. The predicted octanol–water partition coefficient (Wildman–Crippen LogP) is 1.96. The van der Waals surface area contributed by atoms with E-state index in [1.807, 2.05) is 20.8 Å². The number of nitrogens with zero attached hydrogens (tertiary/aromatic N) is 1. The van der Waals surface area contributed by atoms with E-state index in [-0.39, 0.29) is 0 Å². The average molecular weight is 308 g/mol. The molecular weight excluding hydrogens is 289 g/mol. The molecule has 1 nitrogen and oxygen atoms in total. The van der Waals surface area contributed by atoms with Crippen molar-refractivity contribution in [1.82, 2.24) is 3.12 Å². The third kappa shape index (κ3) is 3.83. The maximum atomic E-state index is 3.34. The van der Waals surface area contributed by atoms with Gasteiger partial charge in [-0.15, -0.1) is 0 Å². The Balaban J connectivity index is 5.48. The van der Waals surface area contributed by atoms with Gasteiger partial charge in [-0.25, -0.2) is 0 Å². The van der Waals surface area contributed by atoms with Crippen LogP contribution in [0.5, 0.6) is 0 Å². The van der Waals surface area contributed by atoms with E-state index in [9.17, 15) is 0 Å². The molecule has 0 aliphatic carbocycles. The molecule has 0 N–H and O–H groups in total. The van der Waals surface area contributed by atoms with E-state index in [1.165, 1.54) is 0 Å². The molecule has 0 fully saturated rings. The number of hydrogen-bond donors (Lipinski definition) is 0. The first-order valence-electron chi connectivity index (χ1n) is 5.27. The molecule has 0 aliphatic heterocycles. The first-order chi connectivity index (χ1) is 7.20. The quantitative estimate of drug-likeness (QED) is 0.569. The Morgan fingerprint density at radius 1 is 0.800 bits per heavy atom. The summed E-state index contributed by atoms with van der Waals surface area (Å²) in [6.45, 7) is 11.9. The summed E-state index contributed by atoms with van der Waals surface area (Å²) in [7, 11) is 0. The van der Waals surface area contributed by atoms with Crippen LogP contribution in [0.15, 0.2) is 0 Å². The van der Waals surface area contributed by atoms with Crippen molar-refractivity contribution >= 4 is 18.7 Å². The molecule has 0 aromatic carbocycles. The van der Waals surface area contributed by atoms with Gasteiger partial charge >= 0.3 is 99.1 Å². The van der Waals surface area contributed by atoms with E-state index >= 15 is 0 Å². The fourth-order valence-corrected chi connectivity index (χ4v) is 9.27. The van der Waals surface area contributed by atoms with Crippen LogP contribution in [0.3, 0.4) is 0 Å². The van der Waals surface area contributed by atoms with Crippen molar-refractivity contribution in [2.45, 2.75) is 34.6 Å². The van der Waals surface area contributed by atoms with Crippen LogP contribution in [-0.4, -0.2) is 34.9 Å². The molecule has 2 heteroatoms. The van der Waals surface area contributed by atoms with Gasteiger partial charge in [0.05, 0.1) is 0 Å². The van der Waals surface area contributed by atoms with Gasteiger partial charge in [0.15, 0.2) is 0 Å². The summed E-state index contributed by atoms with van der Waals surface area (Å²) in [6, 6.07) is 0. The number of rotatable bonds is 3. The first-order valence-corrected chi connectivity index (χ1v) is 10.8. The van der Waals surface area contributed by atoms with Crippen molar-refractivity contribution in [3.8, 4) is 29.6 Å². The van der Waals surface area contributed by atoms with Crippen LogP contribution in [0.2, 0.25) is 0 Å². The molecule has 0 rings (SSSR count). The summed E-state index contributed by atoms with van der Waals surface area (Å²) in [4.78, 5) is 0. The van der Waals surface area contributed by atoms with E-state index < -0.39 is 18.7 Å². The molecule has 0 amide bonds. The van der Waals surface area contributed by atoms with Gasteiger partial charge < -0.3 is 0 Å². The zero-order chi connectivity index (χ0) is 11.7. The van der Waals surface area contributed by atoms with Crippen LogP contribution < -0.4 is 0 Å². The summed E-state index contributed by atoms with van der Waals surface area (Å²) in [5, 5.41) is 0. The Bertz CT molecular complexity index is 310. The molecule has 80 valence electrons. The predicted molar refractivity (Wildman–Crippen MR) is 69.0 cm³/mol. The van der Waals surface area contributed by atoms with Crippen LogP contribution >= 0.6 is 0 Å². The van der Waals surface area contributed by atoms with Gasteiger partial charge in [0.25, 0.3) is 0 Å². The Morgan fingerprint density at radius 3 is 1.33 bits per heavy atom. The van der Waals surface area contributed by atoms with E-state index in [2.05, 4.69) is 46.5 Å². The second-order valence-electron chi connectivity index (χ2n) is 3.01. The van der Waals surface area contributed by atoms with E-state index in [1.54, 1.807) is 0 Å². The van der Waals surface area contributed by atoms with E-state index in [0.717, 1.165) is 13.1 Å². The molecule has 0 saturated carbocycles. The van der Waals surface area contributed by atoms with Crippen molar-refractivity contribution in [2.75, 3.05) is 13.1 Å². The SMILES string of the molecule is CC#[C][Sn]([C]#CC)([C]#CC)[N](CC)CC. The fraction of sp³-hybridized carbons (Fsp3) is 0.538. The zero-order valence-corrected chi connectivity index (χ0v) is 13.2. The van der Waals surface area contributed by atoms with Gasteiger partial charge in [-0.2, -0.15) is 0 Å². The Kier molecular flexibility index (Phi) is 7.41. The van der Waals surface area contributed by atoms with Crippen LogP contribution in [0.25, 0.3) is 0 Å². The molecule has 15 heavy (non-hydrogen) atoms. The van der Waals surface area contributed by atoms with Crippen LogP contribution in [-0.2, 0) is 0 Å². The summed E-state index contributed by atoms with van der Waals surface area (Å²) < 4.78 is 12.4. The first kappa shape index (κ1) is 14.4. The molecule has 0 unspecified atom stereocenters. The second-order valence-corrected chi connectivity index (χ2v) is 11.0. The Morgan fingerprint density at radius 2 is 1.13 bits per heavy atom. The molecule has 0 heterocycles. The molecule has 0 aromatic heterocycles. The Hall–Kier alpha value is -0.561. The maximum absolute atomic E-state index is 3.34. The topological polar surface area (TPSA) is 3.24 Å². The van der Waals surface area contributed by atoms with Gasteiger partial charge in [0.1, 0.15) is 0 Å². The van der Waals surface area contributed by atoms with Crippen molar-refractivity contribution in [1.29, 1.82) is 0 Å². The molecule has 0 radical (unpaired) electrons. The standard InChI is InChI=1S/C4H10N.3C3H3.Sn/c1-3-5-4-2;3*1-3-2;/h3-4H2,1-2H3;3*1H3;/q-1;;;;+1. The minimum absolute atomic E-state index is 0.991. The van der Waals surface area contributed by atoms with Crippen molar-refractivity contribution in [3.05, 3.63) is 0 Å². The summed E-state index contributed by atoms with van der Waals surface area (Å²) in [5.41, 5.74) is 0. The summed E-state index contributed by atoms with van der Waals surface area (Å²) in [6.07, 6.45) is 0. The molecule has 0 atom stereocenters. The van der Waals surface area contributed by atoms with Crippen LogP contribution in [0.4, 0.5) is 0 Å². The van der Waals surface area contributed by atoms with Crippen molar-refractivity contribution in [3.63, 3.8) is 0 Å². The third-order valence-corrected chi connectivity index (χ3v) is 11.9. The molecular formula is C13H19NSn. The van der Waals surface area contributed by atoms with E-state index in [0.29, 0.717) is 0 Å². The molecule has 0 saturated heterocycles. The molecule has 0 spiro atoms. The van der Waals surface area contributed by atoms with Crippen LogP contribution in [0, 0.1) is 29.6 Å². The van der Waals surface area contributed by atoms with E-state index in [4.69, 9.17) is 0 Å². The number of hydrogen-bond acceptors (Lipinski definition) is 1. The Labute approximate surface area is 98.8 Å². The van der Waals surface area contributed by atoms with Gasteiger partial charge in [-0.05, 0) is 0 Å². The summed E-state index contributed by atoms with van der Waals surface area (Å²) >= 11 is -2.99. The fourth-order valence-electron chi connectivity index (χ4n) is 1.57. The van der Waals surface area contributed by atoms with Gasteiger partial charge in [-0.1, -0.05) is 0 Å². The van der Waals surface area contributed by atoms with Gasteiger partial charge in [-0.3, -0.25) is 0 Å². The van der Waals surface area contributed by atoms with Crippen LogP contribution in [0.1, 0.15) is 34.6 Å². The summed E-state index contributed by atoms with van der Waals surface area (Å²) in [5.74, 6) is 9.07. The second kappa shape index (κ2) is 7.69. The molecule has 0 bridgehead atoms. The normalized spacial score (nSPS) is 9.20. The van der Waals surface area contributed by atoms with Gasteiger partial charge in [0.2, 0.25) is 0 Å².